The first kappa shape index (κ1) is 16.7. The third kappa shape index (κ3) is 3.51. The number of allylic oxidation sites excluding steroid dienone is 1. The number of hydrogen-bond acceptors (Lipinski definition) is 1. The summed E-state index contributed by atoms with van der Waals surface area (Å²) in [4.78, 5) is 12.8. The van der Waals surface area contributed by atoms with Crippen molar-refractivity contribution < 1.29 is 4.79 Å². The van der Waals surface area contributed by atoms with Crippen LogP contribution >= 0.6 is 0 Å². The highest BCUT2D eigenvalue weighted by molar-refractivity contribution is 6.02. The largest absolute Gasteiger partial charge is 0.294 e. The van der Waals surface area contributed by atoms with Crippen LogP contribution in [0.5, 0.6) is 0 Å². The fourth-order valence-corrected chi connectivity index (χ4v) is 3.60. The van der Waals surface area contributed by atoms with E-state index in [0.717, 1.165) is 24.0 Å². The number of benzene rings is 2. The molecule has 24 heavy (non-hydrogen) atoms. The van der Waals surface area contributed by atoms with Gasteiger partial charge in [0.05, 0.1) is 0 Å². The molecule has 1 saturated carbocycles. The van der Waals surface area contributed by atoms with Gasteiger partial charge in [0.25, 0.3) is 0 Å². The first-order valence-electron chi connectivity index (χ1n) is 8.97. The molecule has 0 radical (unpaired) electrons. The van der Waals surface area contributed by atoms with Crippen LogP contribution in [0.15, 0.2) is 60.2 Å². The predicted molar refractivity (Wildman–Crippen MR) is 102 cm³/mol. The number of hydrogen-bond donors (Lipinski definition) is 0. The molecule has 0 bridgehead atoms. The molecule has 2 aromatic carbocycles. The molecule has 2 atom stereocenters. The van der Waals surface area contributed by atoms with Gasteiger partial charge in [-0.3, -0.25) is 4.79 Å². The van der Waals surface area contributed by atoms with Crippen LogP contribution in [0.3, 0.4) is 0 Å². The summed E-state index contributed by atoms with van der Waals surface area (Å²) >= 11 is 0. The molecule has 0 N–H and O–H groups in total. The summed E-state index contributed by atoms with van der Waals surface area (Å²) in [6.07, 6.45) is 4.25. The molecule has 2 aromatic rings. The van der Waals surface area contributed by atoms with Gasteiger partial charge in [0.1, 0.15) is 0 Å². The van der Waals surface area contributed by atoms with E-state index in [-0.39, 0.29) is 5.92 Å². The average Bonchev–Trinajstić information content (AvgIpc) is 2.59. The third-order valence-corrected chi connectivity index (χ3v) is 5.21. The van der Waals surface area contributed by atoms with E-state index in [1.807, 2.05) is 6.07 Å². The van der Waals surface area contributed by atoms with Crippen LogP contribution in [-0.4, -0.2) is 5.78 Å². The second-order valence-electron chi connectivity index (χ2n) is 7.28. The highest BCUT2D eigenvalue weighted by Crippen LogP contribution is 2.35. The van der Waals surface area contributed by atoms with Crippen LogP contribution in [0.25, 0.3) is 17.2 Å². The van der Waals surface area contributed by atoms with Gasteiger partial charge in [-0.15, -0.1) is 0 Å². The third-order valence-electron chi connectivity index (χ3n) is 5.21. The topological polar surface area (TPSA) is 17.1 Å². The molecule has 3 rings (SSSR count). The van der Waals surface area contributed by atoms with Crippen molar-refractivity contribution in [3.05, 3.63) is 65.7 Å². The summed E-state index contributed by atoms with van der Waals surface area (Å²) in [7, 11) is 0. The molecule has 1 heteroatoms. The van der Waals surface area contributed by atoms with Crippen LogP contribution in [0.4, 0.5) is 0 Å². The highest BCUT2D eigenvalue weighted by Gasteiger charge is 2.32. The number of carbonyl (C=O) groups excluding carboxylic acids is 1. The quantitative estimate of drug-likeness (QED) is 0.633. The van der Waals surface area contributed by atoms with Gasteiger partial charge in [-0.1, -0.05) is 75.4 Å². The molecule has 0 saturated heterocycles. The van der Waals surface area contributed by atoms with Crippen LogP contribution in [-0.2, 0) is 4.79 Å². The normalized spacial score (nSPS) is 23.0. The van der Waals surface area contributed by atoms with E-state index in [1.54, 1.807) is 0 Å². The van der Waals surface area contributed by atoms with E-state index in [1.165, 1.54) is 11.1 Å². The summed E-state index contributed by atoms with van der Waals surface area (Å²) in [5, 5.41) is 0. The van der Waals surface area contributed by atoms with E-state index < -0.39 is 0 Å². The van der Waals surface area contributed by atoms with Gasteiger partial charge in [0, 0.05) is 5.92 Å². The zero-order chi connectivity index (χ0) is 17.1. The Hall–Kier alpha value is -2.15. The number of carbonyl (C=O) groups is 1. The molecule has 0 aromatic heterocycles. The lowest BCUT2D eigenvalue weighted by Crippen LogP contribution is -2.30. The van der Waals surface area contributed by atoms with Crippen LogP contribution in [0.2, 0.25) is 0 Å². The van der Waals surface area contributed by atoms with Crippen LogP contribution in [0, 0.1) is 17.8 Å². The Morgan fingerprint density at radius 3 is 2.17 bits per heavy atom. The van der Waals surface area contributed by atoms with E-state index in [0.29, 0.717) is 17.6 Å². The Balaban J connectivity index is 1.86. The molecule has 0 aliphatic heterocycles. The number of Topliss-reactive ketones (excluding diaryl/α,β-unsaturated/α-hetero) is 1. The fourth-order valence-electron chi connectivity index (χ4n) is 3.60. The first-order chi connectivity index (χ1) is 11.6. The van der Waals surface area contributed by atoms with Crippen molar-refractivity contribution in [2.75, 3.05) is 0 Å². The van der Waals surface area contributed by atoms with Crippen molar-refractivity contribution in [1.29, 1.82) is 0 Å². The van der Waals surface area contributed by atoms with Crippen molar-refractivity contribution in [3.63, 3.8) is 0 Å². The molecule has 0 heterocycles. The molecule has 1 aliphatic rings. The molecule has 0 amide bonds. The lowest BCUT2D eigenvalue weighted by molar-refractivity contribution is -0.122. The monoisotopic (exact) mass is 318 g/mol. The lowest BCUT2D eigenvalue weighted by Gasteiger charge is -2.30. The van der Waals surface area contributed by atoms with Crippen molar-refractivity contribution in [3.8, 4) is 11.1 Å². The highest BCUT2D eigenvalue weighted by atomic mass is 16.1. The molecule has 124 valence electrons. The van der Waals surface area contributed by atoms with E-state index >= 15 is 0 Å². The van der Waals surface area contributed by atoms with E-state index in [4.69, 9.17) is 0 Å². The Kier molecular flexibility index (Phi) is 4.99. The summed E-state index contributed by atoms with van der Waals surface area (Å²) in [6, 6.07) is 18.9. The van der Waals surface area contributed by atoms with Gasteiger partial charge in [0.2, 0.25) is 0 Å². The van der Waals surface area contributed by atoms with Gasteiger partial charge in [-0.2, -0.15) is 0 Å². The minimum atomic E-state index is 0.191. The molecule has 0 unspecified atom stereocenters. The Bertz CT molecular complexity index is 722. The summed E-state index contributed by atoms with van der Waals surface area (Å²) in [5.41, 5.74) is 4.56. The minimum absolute atomic E-state index is 0.191. The van der Waals surface area contributed by atoms with Crippen molar-refractivity contribution in [2.24, 2.45) is 17.8 Å². The number of ketones is 1. The van der Waals surface area contributed by atoms with Crippen molar-refractivity contribution >= 4 is 11.9 Å². The zero-order valence-corrected chi connectivity index (χ0v) is 14.8. The van der Waals surface area contributed by atoms with Crippen molar-refractivity contribution in [1.82, 2.24) is 0 Å². The maximum absolute atomic E-state index is 12.8. The standard InChI is InChI=1S/C23H26O/c1-16(2)21-14-9-17(3)22(23(21)24)15-18-10-12-20(13-11-18)19-7-5-4-6-8-19/h4-8,10-13,15-17,21H,9,14H2,1-3H3/b22-15+/t17-,21-/m0/s1. The first-order valence-corrected chi connectivity index (χ1v) is 8.97. The minimum Gasteiger partial charge on any atom is -0.294 e. The Labute approximate surface area is 145 Å². The average molecular weight is 318 g/mol. The van der Waals surface area contributed by atoms with Gasteiger partial charge >= 0.3 is 0 Å². The number of rotatable bonds is 3. The van der Waals surface area contributed by atoms with Crippen LogP contribution in [0.1, 0.15) is 39.2 Å². The fraction of sp³-hybridized carbons (Fsp3) is 0.348. The van der Waals surface area contributed by atoms with Crippen LogP contribution < -0.4 is 0 Å². The van der Waals surface area contributed by atoms with Crippen molar-refractivity contribution in [2.45, 2.75) is 33.6 Å². The van der Waals surface area contributed by atoms with E-state index in [9.17, 15) is 4.79 Å². The SMILES string of the molecule is CC(C)[C@@H]1CC[C@H](C)/C(=C\c2ccc(-c3ccccc3)cc2)C1=O. The second kappa shape index (κ2) is 7.17. The summed E-state index contributed by atoms with van der Waals surface area (Å²) in [6.45, 7) is 6.49. The predicted octanol–water partition coefficient (Wildman–Crippen LogP) is 6.01. The second-order valence-corrected chi connectivity index (χ2v) is 7.28. The summed E-state index contributed by atoms with van der Waals surface area (Å²) < 4.78 is 0. The Morgan fingerprint density at radius 2 is 1.54 bits per heavy atom. The smallest absolute Gasteiger partial charge is 0.162 e. The lowest BCUT2D eigenvalue weighted by atomic mass is 9.73. The van der Waals surface area contributed by atoms with Gasteiger partial charge in [-0.25, -0.2) is 0 Å². The van der Waals surface area contributed by atoms with E-state index in [2.05, 4.69) is 75.4 Å². The molecular formula is C23H26O. The molecule has 1 nitrogen and oxygen atoms in total. The van der Waals surface area contributed by atoms with Gasteiger partial charge in [-0.05, 0) is 53.0 Å². The summed E-state index contributed by atoms with van der Waals surface area (Å²) in [5.74, 6) is 1.34. The molecule has 1 aliphatic carbocycles. The van der Waals surface area contributed by atoms with Gasteiger partial charge < -0.3 is 0 Å². The molecule has 1 fully saturated rings. The maximum atomic E-state index is 12.8. The maximum Gasteiger partial charge on any atom is 0.162 e. The Morgan fingerprint density at radius 1 is 0.917 bits per heavy atom. The molecular weight excluding hydrogens is 292 g/mol. The zero-order valence-electron chi connectivity index (χ0n) is 14.8. The van der Waals surface area contributed by atoms with Gasteiger partial charge in [0.15, 0.2) is 5.78 Å². The molecule has 0 spiro atoms.